The molecule has 0 aromatic heterocycles. The molecule has 8 heteroatoms. The van der Waals surface area contributed by atoms with E-state index >= 15 is 0 Å². The molecule has 4 aromatic rings. The number of carboxylic acid groups (broad SMARTS) is 1. The zero-order chi connectivity index (χ0) is 26.5. The van der Waals surface area contributed by atoms with E-state index in [1.165, 1.54) is 5.56 Å². The average molecular weight is 551 g/mol. The molecule has 6 nitrogen and oxygen atoms in total. The van der Waals surface area contributed by atoms with E-state index < -0.39 is 11.9 Å². The third-order valence-corrected chi connectivity index (χ3v) is 6.82. The molecule has 0 bridgehead atoms. The fourth-order valence-corrected chi connectivity index (χ4v) is 4.79. The third kappa shape index (κ3) is 6.84. The van der Waals surface area contributed by atoms with Gasteiger partial charge in [-0.2, -0.15) is 0 Å². The molecular formula is C31H26ClNNaO5. The molecular weight excluding hydrogens is 525 g/mol. The summed E-state index contributed by atoms with van der Waals surface area (Å²) in [6.45, 7) is 0.815. The van der Waals surface area contributed by atoms with Crippen LogP contribution in [-0.2, 0) is 11.2 Å². The summed E-state index contributed by atoms with van der Waals surface area (Å²) in [5, 5.41) is 12.7. The van der Waals surface area contributed by atoms with E-state index in [2.05, 4.69) is 29.6 Å². The average Bonchev–Trinajstić information content (AvgIpc) is 2.94. The van der Waals surface area contributed by atoms with Crippen LogP contribution < -0.4 is 14.8 Å². The first-order valence-electron chi connectivity index (χ1n) is 12.4. The van der Waals surface area contributed by atoms with Gasteiger partial charge in [0.25, 0.3) is 5.91 Å². The number of fused-ring (bicyclic) bond motifs is 1. The van der Waals surface area contributed by atoms with Crippen molar-refractivity contribution in [1.29, 1.82) is 0 Å². The van der Waals surface area contributed by atoms with E-state index in [0.717, 1.165) is 11.1 Å². The Balaban J connectivity index is 0.00000353. The van der Waals surface area contributed by atoms with E-state index in [9.17, 15) is 14.7 Å². The Morgan fingerprint density at radius 2 is 1.69 bits per heavy atom. The molecule has 0 spiro atoms. The number of carboxylic acids is 1. The maximum absolute atomic E-state index is 12.7. The van der Waals surface area contributed by atoms with Crippen LogP contribution in [0.15, 0.2) is 91.0 Å². The van der Waals surface area contributed by atoms with Gasteiger partial charge in [-0.15, -0.1) is 0 Å². The number of hydrogen-bond acceptors (Lipinski definition) is 4. The van der Waals surface area contributed by atoms with Gasteiger partial charge in [0.15, 0.2) is 0 Å². The summed E-state index contributed by atoms with van der Waals surface area (Å²) in [5.74, 6) is -0.443. The predicted molar refractivity (Wildman–Crippen MR) is 152 cm³/mol. The minimum absolute atomic E-state index is 0. The van der Waals surface area contributed by atoms with Gasteiger partial charge in [-0.1, -0.05) is 66.2 Å². The van der Waals surface area contributed by atoms with Crippen molar-refractivity contribution in [2.24, 2.45) is 0 Å². The van der Waals surface area contributed by atoms with Crippen molar-refractivity contribution in [1.82, 2.24) is 5.32 Å². The SMILES string of the molecule is O=C(NCCc1ccccc1-c1ccccc1)c1ccc(Oc2cc3c(cc2Cl)C(C(=O)O)CCO3)cc1.[Na]. The number of carbonyl (C=O) groups is 2. The van der Waals surface area contributed by atoms with Gasteiger partial charge in [0.05, 0.1) is 17.5 Å². The largest absolute Gasteiger partial charge is 0.493 e. The molecule has 2 N–H and O–H groups in total. The maximum Gasteiger partial charge on any atom is 0.311 e. The fraction of sp³-hybridized carbons (Fsp3) is 0.161. The van der Waals surface area contributed by atoms with E-state index in [1.807, 2.05) is 30.3 Å². The van der Waals surface area contributed by atoms with Crippen LogP contribution in [0.4, 0.5) is 0 Å². The summed E-state index contributed by atoms with van der Waals surface area (Å²) in [6, 6.07) is 28.3. The zero-order valence-electron chi connectivity index (χ0n) is 21.5. The van der Waals surface area contributed by atoms with E-state index in [4.69, 9.17) is 21.1 Å². The van der Waals surface area contributed by atoms with E-state index in [0.29, 0.717) is 54.4 Å². The minimum Gasteiger partial charge on any atom is -0.493 e. The minimum atomic E-state index is -0.909. The number of ether oxygens (including phenoxy) is 2. The van der Waals surface area contributed by atoms with Crippen molar-refractivity contribution in [2.75, 3.05) is 13.2 Å². The second kappa shape index (κ2) is 13.2. The predicted octanol–water partition coefficient (Wildman–Crippen LogP) is 6.34. The topological polar surface area (TPSA) is 84.9 Å². The molecule has 1 aliphatic heterocycles. The van der Waals surface area contributed by atoms with Crippen molar-refractivity contribution in [3.63, 3.8) is 0 Å². The first-order chi connectivity index (χ1) is 18.5. The van der Waals surface area contributed by atoms with Crippen molar-refractivity contribution >= 4 is 53.0 Å². The zero-order valence-corrected chi connectivity index (χ0v) is 24.3. The van der Waals surface area contributed by atoms with Crippen LogP contribution in [0.3, 0.4) is 0 Å². The second-order valence-electron chi connectivity index (χ2n) is 9.00. The molecule has 1 atom stereocenters. The van der Waals surface area contributed by atoms with Crippen LogP contribution in [0, 0.1) is 0 Å². The first kappa shape index (κ1) is 28.7. The summed E-state index contributed by atoms with van der Waals surface area (Å²) in [5.41, 5.74) is 4.53. The Hall–Kier alpha value is -3.29. The molecule has 0 fully saturated rings. The molecule has 4 aromatic carbocycles. The number of halogens is 1. The van der Waals surface area contributed by atoms with E-state index in [-0.39, 0.29) is 40.5 Å². The van der Waals surface area contributed by atoms with Gasteiger partial charge in [0.1, 0.15) is 17.2 Å². The summed E-state index contributed by atoms with van der Waals surface area (Å²) in [7, 11) is 0. The van der Waals surface area contributed by atoms with Crippen molar-refractivity contribution < 1.29 is 24.2 Å². The van der Waals surface area contributed by atoms with Gasteiger partial charge in [-0.05, 0) is 59.9 Å². The number of benzene rings is 4. The van der Waals surface area contributed by atoms with Crippen molar-refractivity contribution in [3.05, 3.63) is 113 Å². The fourth-order valence-electron chi connectivity index (χ4n) is 4.58. The van der Waals surface area contributed by atoms with Gasteiger partial charge < -0.3 is 19.9 Å². The number of amides is 1. The molecule has 0 aliphatic carbocycles. The first-order valence-corrected chi connectivity index (χ1v) is 12.8. The normalized spacial score (nSPS) is 13.8. The monoisotopic (exact) mass is 550 g/mol. The molecule has 5 rings (SSSR count). The number of aliphatic carboxylic acids is 1. The molecule has 39 heavy (non-hydrogen) atoms. The van der Waals surface area contributed by atoms with Crippen LogP contribution in [0.25, 0.3) is 11.1 Å². The van der Waals surface area contributed by atoms with Crippen LogP contribution in [-0.4, -0.2) is 59.7 Å². The molecule has 193 valence electrons. The number of hydrogen-bond donors (Lipinski definition) is 2. The summed E-state index contributed by atoms with van der Waals surface area (Å²) in [4.78, 5) is 24.3. The molecule has 1 heterocycles. The van der Waals surface area contributed by atoms with E-state index in [1.54, 1.807) is 36.4 Å². The Labute approximate surface area is 254 Å². The van der Waals surface area contributed by atoms with Crippen LogP contribution in [0.1, 0.15) is 33.8 Å². The standard InChI is InChI=1S/C31H26ClNO5.Na/c32-27-18-26-25(31(35)36)15-17-37-28(26)19-29(27)38-23-12-10-22(11-13-23)30(34)33-16-14-21-8-4-5-9-24(21)20-6-2-1-3-7-20;/h1-13,18-19,25H,14-17H2,(H,33,34)(H,35,36);. The molecule has 0 saturated heterocycles. The maximum atomic E-state index is 12.7. The van der Waals surface area contributed by atoms with Gasteiger partial charge in [-0.3, -0.25) is 9.59 Å². The summed E-state index contributed by atoms with van der Waals surface area (Å²) >= 11 is 6.38. The van der Waals surface area contributed by atoms with Crippen molar-refractivity contribution in [3.8, 4) is 28.4 Å². The number of carbonyl (C=O) groups excluding carboxylic acids is 1. The van der Waals surface area contributed by atoms with Gasteiger partial charge >= 0.3 is 5.97 Å². The second-order valence-corrected chi connectivity index (χ2v) is 9.41. The molecule has 1 aliphatic rings. The Morgan fingerprint density at radius 3 is 2.44 bits per heavy atom. The molecule has 0 saturated carbocycles. The number of nitrogens with one attached hydrogen (secondary N) is 1. The quantitative estimate of drug-likeness (QED) is 0.250. The van der Waals surface area contributed by atoms with Gasteiger partial charge in [0, 0.05) is 53.3 Å². The number of rotatable bonds is 8. The molecule has 1 amide bonds. The van der Waals surface area contributed by atoms with Gasteiger partial charge in [0.2, 0.25) is 0 Å². The van der Waals surface area contributed by atoms with Crippen molar-refractivity contribution in [2.45, 2.75) is 18.8 Å². The van der Waals surface area contributed by atoms with Crippen LogP contribution in [0.2, 0.25) is 5.02 Å². The molecule has 1 unspecified atom stereocenters. The summed E-state index contributed by atoms with van der Waals surface area (Å²) < 4.78 is 11.5. The van der Waals surface area contributed by atoms with Gasteiger partial charge in [-0.25, -0.2) is 0 Å². The molecule has 1 radical (unpaired) electrons. The Kier molecular flexibility index (Phi) is 9.70. The van der Waals surface area contributed by atoms with Crippen LogP contribution in [0.5, 0.6) is 17.2 Å². The smallest absolute Gasteiger partial charge is 0.311 e. The third-order valence-electron chi connectivity index (χ3n) is 6.53. The Bertz CT molecular complexity index is 1460. The Morgan fingerprint density at radius 1 is 0.974 bits per heavy atom. The summed E-state index contributed by atoms with van der Waals surface area (Å²) in [6.07, 6.45) is 1.10. The van der Waals surface area contributed by atoms with Crippen LogP contribution >= 0.6 is 11.6 Å².